The van der Waals surface area contributed by atoms with Gasteiger partial charge in [-0.25, -0.2) is 0 Å². The van der Waals surface area contributed by atoms with E-state index in [2.05, 4.69) is 13.8 Å². The average molecular weight is 389 g/mol. The monoisotopic (exact) mass is 388 g/mol. The molecule has 1 aromatic rings. The van der Waals surface area contributed by atoms with Gasteiger partial charge in [0.25, 0.3) is 11.8 Å². The summed E-state index contributed by atoms with van der Waals surface area (Å²) in [5.41, 5.74) is 1.10. The fourth-order valence-electron chi connectivity index (χ4n) is 3.90. The van der Waals surface area contributed by atoms with E-state index in [4.69, 9.17) is 9.47 Å². The molecular formula is C22H32N2O4. The van der Waals surface area contributed by atoms with Crippen molar-refractivity contribution in [2.75, 3.05) is 32.8 Å². The number of hydrogen-bond acceptors (Lipinski definition) is 4. The molecule has 2 atom stereocenters. The van der Waals surface area contributed by atoms with Gasteiger partial charge in [-0.2, -0.15) is 0 Å². The standard InChI is InChI=1S/C22H32N2O4/c1-16(2)18-8-4-5-9-19(18)28-17(3)21(25)23-11-7-12-24(14-13-23)22(26)20-10-6-15-27-20/h4-5,8-9,16-17,20H,6-7,10-15H2,1-3H3. The van der Waals surface area contributed by atoms with Crippen LogP contribution in [0.4, 0.5) is 0 Å². The van der Waals surface area contributed by atoms with Crippen molar-refractivity contribution in [3.05, 3.63) is 29.8 Å². The Bertz CT molecular complexity index is 685. The number of para-hydroxylation sites is 1. The highest BCUT2D eigenvalue weighted by molar-refractivity contribution is 5.82. The van der Waals surface area contributed by atoms with E-state index in [-0.39, 0.29) is 17.9 Å². The Labute approximate surface area is 167 Å². The number of ether oxygens (including phenoxy) is 2. The minimum absolute atomic E-state index is 0.0232. The van der Waals surface area contributed by atoms with Crippen LogP contribution in [0.3, 0.4) is 0 Å². The first-order valence-electron chi connectivity index (χ1n) is 10.4. The Morgan fingerprint density at radius 3 is 2.46 bits per heavy atom. The van der Waals surface area contributed by atoms with E-state index >= 15 is 0 Å². The van der Waals surface area contributed by atoms with Crippen LogP contribution in [0.5, 0.6) is 5.75 Å². The summed E-state index contributed by atoms with van der Waals surface area (Å²) >= 11 is 0. The van der Waals surface area contributed by atoms with Crippen molar-refractivity contribution in [3.63, 3.8) is 0 Å². The summed E-state index contributed by atoms with van der Waals surface area (Å²) in [5.74, 6) is 1.14. The second-order valence-electron chi connectivity index (χ2n) is 7.96. The third kappa shape index (κ3) is 4.85. The molecular weight excluding hydrogens is 356 g/mol. The summed E-state index contributed by atoms with van der Waals surface area (Å²) in [5, 5.41) is 0. The number of hydrogen-bond donors (Lipinski definition) is 0. The zero-order chi connectivity index (χ0) is 20.1. The van der Waals surface area contributed by atoms with Gasteiger partial charge in [0.2, 0.25) is 0 Å². The maximum Gasteiger partial charge on any atom is 0.263 e. The molecule has 28 heavy (non-hydrogen) atoms. The lowest BCUT2D eigenvalue weighted by Gasteiger charge is -2.26. The van der Waals surface area contributed by atoms with Crippen molar-refractivity contribution in [1.29, 1.82) is 0 Å². The average Bonchev–Trinajstić information content (AvgIpc) is 3.11. The first-order chi connectivity index (χ1) is 13.5. The van der Waals surface area contributed by atoms with E-state index in [0.29, 0.717) is 38.7 Å². The predicted molar refractivity (Wildman–Crippen MR) is 107 cm³/mol. The van der Waals surface area contributed by atoms with Crippen molar-refractivity contribution in [1.82, 2.24) is 9.80 Å². The van der Waals surface area contributed by atoms with Crippen LogP contribution in [0.2, 0.25) is 0 Å². The zero-order valence-corrected chi connectivity index (χ0v) is 17.2. The van der Waals surface area contributed by atoms with E-state index in [1.807, 2.05) is 34.1 Å². The summed E-state index contributed by atoms with van der Waals surface area (Å²) in [4.78, 5) is 29.2. The Morgan fingerprint density at radius 2 is 1.75 bits per heavy atom. The molecule has 154 valence electrons. The summed E-state index contributed by atoms with van der Waals surface area (Å²) in [6, 6.07) is 7.88. The van der Waals surface area contributed by atoms with Gasteiger partial charge in [-0.05, 0) is 43.7 Å². The molecule has 3 rings (SSSR count). The van der Waals surface area contributed by atoms with Gasteiger partial charge in [-0.3, -0.25) is 9.59 Å². The van der Waals surface area contributed by atoms with Crippen LogP contribution in [0.1, 0.15) is 51.5 Å². The molecule has 6 heteroatoms. The number of amides is 2. The molecule has 0 spiro atoms. The molecule has 2 heterocycles. The third-order valence-corrected chi connectivity index (χ3v) is 5.52. The van der Waals surface area contributed by atoms with Crippen molar-refractivity contribution in [2.45, 2.75) is 58.2 Å². The van der Waals surface area contributed by atoms with Gasteiger partial charge in [-0.15, -0.1) is 0 Å². The lowest BCUT2D eigenvalue weighted by Crippen LogP contribution is -2.44. The van der Waals surface area contributed by atoms with Gasteiger partial charge in [0.1, 0.15) is 11.9 Å². The first-order valence-corrected chi connectivity index (χ1v) is 10.4. The Hall–Kier alpha value is -2.08. The second-order valence-corrected chi connectivity index (χ2v) is 7.96. The van der Waals surface area contributed by atoms with Gasteiger partial charge in [0, 0.05) is 32.8 Å². The molecule has 2 amide bonds. The van der Waals surface area contributed by atoms with Crippen molar-refractivity contribution in [3.8, 4) is 5.75 Å². The molecule has 0 aliphatic carbocycles. The number of benzene rings is 1. The lowest BCUT2D eigenvalue weighted by molar-refractivity contribution is -0.142. The number of carbonyl (C=O) groups is 2. The van der Waals surface area contributed by atoms with Crippen LogP contribution in [-0.4, -0.2) is 66.6 Å². The minimum Gasteiger partial charge on any atom is -0.481 e. The van der Waals surface area contributed by atoms with E-state index in [9.17, 15) is 9.59 Å². The molecule has 1 aromatic carbocycles. The van der Waals surface area contributed by atoms with E-state index in [0.717, 1.165) is 30.6 Å². The fourth-order valence-corrected chi connectivity index (χ4v) is 3.90. The maximum absolute atomic E-state index is 12.9. The smallest absolute Gasteiger partial charge is 0.263 e. The molecule has 2 aliphatic heterocycles. The molecule has 0 saturated carbocycles. The largest absolute Gasteiger partial charge is 0.481 e. The molecule has 0 N–H and O–H groups in total. The number of rotatable bonds is 5. The van der Waals surface area contributed by atoms with Crippen LogP contribution in [0.25, 0.3) is 0 Å². The highest BCUT2D eigenvalue weighted by Crippen LogP contribution is 2.27. The molecule has 2 aliphatic rings. The van der Waals surface area contributed by atoms with Gasteiger partial charge in [0.15, 0.2) is 6.10 Å². The Balaban J connectivity index is 1.57. The van der Waals surface area contributed by atoms with E-state index < -0.39 is 6.10 Å². The minimum atomic E-state index is -0.555. The SMILES string of the molecule is CC(Oc1ccccc1C(C)C)C(=O)N1CCCN(C(=O)C2CCCO2)CC1. The topological polar surface area (TPSA) is 59.1 Å². The summed E-state index contributed by atoms with van der Waals surface area (Å²) in [6.07, 6.45) is 1.68. The summed E-state index contributed by atoms with van der Waals surface area (Å²) in [7, 11) is 0. The van der Waals surface area contributed by atoms with Crippen LogP contribution in [-0.2, 0) is 14.3 Å². The van der Waals surface area contributed by atoms with E-state index in [1.165, 1.54) is 0 Å². The Kier molecular flexibility index (Phi) is 6.94. The van der Waals surface area contributed by atoms with Crippen LogP contribution < -0.4 is 4.74 Å². The quantitative estimate of drug-likeness (QED) is 0.778. The fraction of sp³-hybridized carbons (Fsp3) is 0.636. The second kappa shape index (κ2) is 9.41. The van der Waals surface area contributed by atoms with Crippen LogP contribution >= 0.6 is 0 Å². The maximum atomic E-state index is 12.9. The van der Waals surface area contributed by atoms with Crippen molar-refractivity contribution < 1.29 is 19.1 Å². The van der Waals surface area contributed by atoms with Gasteiger partial charge < -0.3 is 19.3 Å². The van der Waals surface area contributed by atoms with Gasteiger partial charge in [0.05, 0.1) is 0 Å². The third-order valence-electron chi connectivity index (χ3n) is 5.52. The summed E-state index contributed by atoms with van der Waals surface area (Å²) < 4.78 is 11.6. The van der Waals surface area contributed by atoms with E-state index in [1.54, 1.807) is 6.92 Å². The number of nitrogens with zero attached hydrogens (tertiary/aromatic N) is 2. The lowest BCUT2D eigenvalue weighted by atomic mass is 10.0. The highest BCUT2D eigenvalue weighted by atomic mass is 16.5. The molecule has 0 aromatic heterocycles. The van der Waals surface area contributed by atoms with Crippen LogP contribution in [0.15, 0.2) is 24.3 Å². The molecule has 2 unspecified atom stereocenters. The van der Waals surface area contributed by atoms with Crippen LogP contribution in [0, 0.1) is 0 Å². The molecule has 0 bridgehead atoms. The number of carbonyl (C=O) groups excluding carboxylic acids is 2. The molecule has 0 radical (unpaired) electrons. The summed E-state index contributed by atoms with van der Waals surface area (Å²) in [6.45, 7) is 9.12. The molecule has 2 fully saturated rings. The predicted octanol–water partition coefficient (Wildman–Crippen LogP) is 2.82. The van der Waals surface area contributed by atoms with Crippen molar-refractivity contribution >= 4 is 11.8 Å². The van der Waals surface area contributed by atoms with Crippen molar-refractivity contribution in [2.24, 2.45) is 0 Å². The van der Waals surface area contributed by atoms with Gasteiger partial charge in [-0.1, -0.05) is 32.0 Å². The molecule has 6 nitrogen and oxygen atoms in total. The molecule has 2 saturated heterocycles. The normalized spacial score (nSPS) is 21.5. The van der Waals surface area contributed by atoms with Gasteiger partial charge >= 0.3 is 0 Å². The first kappa shape index (κ1) is 20.6. The Morgan fingerprint density at radius 1 is 1.04 bits per heavy atom. The zero-order valence-electron chi connectivity index (χ0n) is 17.2. The highest BCUT2D eigenvalue weighted by Gasteiger charge is 2.31.